The predicted molar refractivity (Wildman–Crippen MR) is 73.4 cm³/mol. The first-order chi connectivity index (χ1) is 9.67. The average Bonchev–Trinajstić information content (AvgIpc) is 2.75. The lowest BCUT2D eigenvalue weighted by Gasteiger charge is -2.00. The van der Waals surface area contributed by atoms with E-state index < -0.39 is 5.97 Å². The highest BCUT2D eigenvalue weighted by molar-refractivity contribution is 5.93. The molecular formula is C16H15NO3. The van der Waals surface area contributed by atoms with Crippen molar-refractivity contribution in [1.82, 2.24) is 0 Å². The number of hydrogen-bond acceptors (Lipinski definition) is 4. The number of aryl methyl sites for hydroxylation is 1. The largest absolute Gasteiger partial charge is 0.464 e. The summed E-state index contributed by atoms with van der Waals surface area (Å²) in [5.41, 5.74) is 1.53. The molecule has 0 bridgehead atoms. The number of nitrogens with zero attached hydrogens (tertiary/aromatic N) is 1. The van der Waals surface area contributed by atoms with Crippen LogP contribution in [0.3, 0.4) is 0 Å². The van der Waals surface area contributed by atoms with Crippen LogP contribution in [0.25, 0.3) is 0 Å². The van der Waals surface area contributed by atoms with Gasteiger partial charge in [0.25, 0.3) is 0 Å². The molecule has 0 radical (unpaired) electrons. The van der Waals surface area contributed by atoms with Crippen molar-refractivity contribution in [3.05, 3.63) is 58.5 Å². The molecule has 20 heavy (non-hydrogen) atoms. The van der Waals surface area contributed by atoms with Gasteiger partial charge in [-0.25, -0.2) is 4.79 Å². The topological polar surface area (TPSA) is 63.2 Å². The van der Waals surface area contributed by atoms with Gasteiger partial charge in [-0.1, -0.05) is 30.3 Å². The van der Waals surface area contributed by atoms with Crippen molar-refractivity contribution in [3.63, 3.8) is 0 Å². The van der Waals surface area contributed by atoms with Crippen LogP contribution in [-0.2, 0) is 11.2 Å². The van der Waals surface area contributed by atoms with Crippen LogP contribution in [0.5, 0.6) is 0 Å². The van der Waals surface area contributed by atoms with Crippen LogP contribution >= 0.6 is 0 Å². The van der Waals surface area contributed by atoms with E-state index in [1.54, 1.807) is 13.8 Å². The van der Waals surface area contributed by atoms with Gasteiger partial charge in [0.2, 0.25) is 0 Å². The van der Waals surface area contributed by atoms with Crippen LogP contribution in [-0.4, -0.2) is 12.6 Å². The molecule has 0 saturated heterocycles. The van der Waals surface area contributed by atoms with Gasteiger partial charge in [0, 0.05) is 6.42 Å². The van der Waals surface area contributed by atoms with Gasteiger partial charge in [-0.05, 0) is 19.4 Å². The van der Waals surface area contributed by atoms with Crippen molar-refractivity contribution in [3.8, 4) is 6.07 Å². The molecule has 2 aromatic rings. The molecule has 0 saturated carbocycles. The molecule has 0 N–H and O–H groups in total. The SMILES string of the molecule is CCOC(=O)c1c(C)oc(Cc2ccccc2)c1C#N. The van der Waals surface area contributed by atoms with Gasteiger partial charge < -0.3 is 9.15 Å². The van der Waals surface area contributed by atoms with Crippen LogP contribution in [0, 0.1) is 18.3 Å². The number of rotatable bonds is 4. The summed E-state index contributed by atoms with van der Waals surface area (Å²) in [6.07, 6.45) is 0.476. The predicted octanol–water partition coefficient (Wildman–Crippen LogP) is 3.23. The van der Waals surface area contributed by atoms with Crippen LogP contribution in [0.15, 0.2) is 34.7 Å². The zero-order valence-corrected chi connectivity index (χ0v) is 11.5. The molecule has 0 unspecified atom stereocenters. The van der Waals surface area contributed by atoms with E-state index in [9.17, 15) is 10.1 Å². The minimum Gasteiger partial charge on any atom is -0.464 e. The Morgan fingerprint density at radius 1 is 1.35 bits per heavy atom. The van der Waals surface area contributed by atoms with Crippen LogP contribution in [0.4, 0.5) is 0 Å². The lowest BCUT2D eigenvalue weighted by Crippen LogP contribution is -2.07. The number of hydrogen-bond donors (Lipinski definition) is 0. The minimum absolute atomic E-state index is 0.236. The average molecular weight is 269 g/mol. The smallest absolute Gasteiger partial charge is 0.343 e. The second-order valence-corrected chi connectivity index (χ2v) is 4.33. The molecule has 0 amide bonds. The fourth-order valence-corrected chi connectivity index (χ4v) is 2.08. The number of furan rings is 1. The number of nitriles is 1. The Bertz CT molecular complexity index is 650. The van der Waals surface area contributed by atoms with Gasteiger partial charge in [0.15, 0.2) is 0 Å². The fraction of sp³-hybridized carbons (Fsp3) is 0.250. The zero-order chi connectivity index (χ0) is 14.5. The summed E-state index contributed by atoms with van der Waals surface area (Å²) in [5, 5.41) is 9.29. The molecule has 0 fully saturated rings. The lowest BCUT2D eigenvalue weighted by molar-refractivity contribution is 0.0524. The Hall–Kier alpha value is -2.54. The Labute approximate surface area is 117 Å². The van der Waals surface area contributed by atoms with Gasteiger partial charge >= 0.3 is 5.97 Å². The third-order valence-electron chi connectivity index (χ3n) is 2.96. The Balaban J connectivity index is 2.38. The molecule has 0 aliphatic carbocycles. The number of carbonyl (C=O) groups is 1. The maximum absolute atomic E-state index is 11.9. The lowest BCUT2D eigenvalue weighted by atomic mass is 10.0. The molecule has 1 aromatic heterocycles. The quantitative estimate of drug-likeness (QED) is 0.799. The van der Waals surface area contributed by atoms with Gasteiger partial charge in [0.05, 0.1) is 6.61 Å². The Morgan fingerprint density at radius 3 is 2.65 bits per heavy atom. The van der Waals surface area contributed by atoms with E-state index in [2.05, 4.69) is 0 Å². The number of benzene rings is 1. The molecule has 1 aromatic carbocycles. The molecule has 4 heteroatoms. The molecule has 0 aliphatic heterocycles. The highest BCUT2D eigenvalue weighted by atomic mass is 16.5. The van der Waals surface area contributed by atoms with Crippen molar-refractivity contribution < 1.29 is 13.9 Å². The number of carbonyl (C=O) groups excluding carboxylic acids is 1. The van der Waals surface area contributed by atoms with E-state index in [0.717, 1.165) is 5.56 Å². The highest BCUT2D eigenvalue weighted by Gasteiger charge is 2.24. The van der Waals surface area contributed by atoms with Crippen molar-refractivity contribution in [2.24, 2.45) is 0 Å². The molecule has 1 heterocycles. The first kappa shape index (κ1) is 13.9. The molecular weight excluding hydrogens is 254 g/mol. The van der Waals surface area contributed by atoms with Crippen molar-refractivity contribution in [1.29, 1.82) is 5.26 Å². The maximum atomic E-state index is 11.9. The van der Waals surface area contributed by atoms with E-state index in [4.69, 9.17) is 9.15 Å². The van der Waals surface area contributed by atoms with Gasteiger partial charge in [-0.15, -0.1) is 0 Å². The number of ether oxygens (including phenoxy) is 1. The maximum Gasteiger partial charge on any atom is 0.343 e. The van der Waals surface area contributed by atoms with Crippen LogP contribution in [0.2, 0.25) is 0 Å². The Kier molecular flexibility index (Phi) is 4.21. The van der Waals surface area contributed by atoms with Gasteiger partial charge in [-0.3, -0.25) is 0 Å². The van der Waals surface area contributed by atoms with Crippen molar-refractivity contribution in [2.45, 2.75) is 20.3 Å². The molecule has 0 atom stereocenters. The monoisotopic (exact) mass is 269 g/mol. The first-order valence-corrected chi connectivity index (χ1v) is 6.40. The third kappa shape index (κ3) is 2.72. The first-order valence-electron chi connectivity index (χ1n) is 6.40. The van der Waals surface area contributed by atoms with E-state index in [1.807, 2.05) is 36.4 Å². The summed E-state index contributed by atoms with van der Waals surface area (Å²) >= 11 is 0. The molecule has 0 aliphatic rings. The minimum atomic E-state index is -0.510. The molecule has 0 spiro atoms. The number of esters is 1. The van der Waals surface area contributed by atoms with Crippen molar-refractivity contribution in [2.75, 3.05) is 6.61 Å². The highest BCUT2D eigenvalue weighted by Crippen LogP contribution is 2.25. The van der Waals surface area contributed by atoms with Crippen LogP contribution < -0.4 is 0 Å². The molecule has 2 rings (SSSR count). The van der Waals surface area contributed by atoms with E-state index in [0.29, 0.717) is 17.9 Å². The summed E-state index contributed by atoms with van der Waals surface area (Å²) in [5.74, 6) is 0.412. The van der Waals surface area contributed by atoms with Crippen molar-refractivity contribution >= 4 is 5.97 Å². The second-order valence-electron chi connectivity index (χ2n) is 4.33. The molecule has 4 nitrogen and oxygen atoms in total. The normalized spacial score (nSPS) is 10.1. The summed E-state index contributed by atoms with van der Waals surface area (Å²) in [4.78, 5) is 11.9. The summed E-state index contributed by atoms with van der Waals surface area (Å²) in [7, 11) is 0. The third-order valence-corrected chi connectivity index (χ3v) is 2.96. The summed E-state index contributed by atoms with van der Waals surface area (Å²) < 4.78 is 10.5. The van der Waals surface area contributed by atoms with Crippen LogP contribution in [0.1, 0.15) is 39.9 Å². The Morgan fingerprint density at radius 2 is 2.05 bits per heavy atom. The molecule has 102 valence electrons. The van der Waals surface area contributed by atoms with E-state index in [-0.39, 0.29) is 17.7 Å². The fourth-order valence-electron chi connectivity index (χ4n) is 2.08. The van der Waals surface area contributed by atoms with E-state index in [1.165, 1.54) is 0 Å². The summed E-state index contributed by atoms with van der Waals surface area (Å²) in [6.45, 7) is 3.66. The zero-order valence-electron chi connectivity index (χ0n) is 11.5. The second kappa shape index (κ2) is 6.07. The van der Waals surface area contributed by atoms with Gasteiger partial charge in [-0.2, -0.15) is 5.26 Å². The standard InChI is InChI=1S/C16H15NO3/c1-3-19-16(18)15-11(2)20-14(13(15)10-17)9-12-7-5-4-6-8-12/h4-8H,3,9H2,1-2H3. The summed E-state index contributed by atoms with van der Waals surface area (Å²) in [6, 6.07) is 11.7. The van der Waals surface area contributed by atoms with Gasteiger partial charge in [0.1, 0.15) is 28.7 Å². The van der Waals surface area contributed by atoms with E-state index >= 15 is 0 Å².